The first-order valence-electron chi connectivity index (χ1n) is 20.2. The molecule has 1 atom stereocenters. The van der Waals surface area contributed by atoms with Crippen molar-refractivity contribution in [2.75, 3.05) is 70.8 Å². The number of nitrogens with zero attached hydrogens (tertiary/aromatic N) is 7. The first-order valence-corrected chi connectivity index (χ1v) is 20.6. The summed E-state index contributed by atoms with van der Waals surface area (Å²) < 4.78 is 48.0. The van der Waals surface area contributed by atoms with Crippen LogP contribution in [0.25, 0.3) is 22.4 Å². The number of ether oxygens (including phenoxy) is 1. The second-order valence-corrected chi connectivity index (χ2v) is 15.8. The van der Waals surface area contributed by atoms with E-state index < -0.39 is 24.3 Å². The van der Waals surface area contributed by atoms with E-state index in [1.54, 1.807) is 48.9 Å². The standard InChI is InChI=1S/C42H51ClF3N9O6/c1-5-28(10-11-52(24-36(56)57)23-27-19-47-20-27)40(59)53-12-14-54(15-13-53)41(60)32-7-6-29(18-34(32)43)50-39(58)38-48-22-35(51(38)4)30-8-9-31(37(44)25(30)2)33-21-49-55(26(33)3)16-17-61-42(45)46/h6-9,18,21-22,27-28,42,47H,5,10-17,19-20,23-24H2,1-4H3,(H,50,58)(H,56,57). The maximum atomic E-state index is 15.9. The lowest BCUT2D eigenvalue weighted by Crippen LogP contribution is -2.52. The highest BCUT2D eigenvalue weighted by molar-refractivity contribution is 6.34. The Hall–Kier alpha value is -5.30. The SMILES string of the molecule is CCC(CCN(CC(=O)O)CC1CNC1)C(=O)N1CCN(C(=O)c2ccc(NC(=O)c3ncc(-c4ccc(-c5cnn(CCOC(F)F)c5C)c(F)c4C)n3C)cc2Cl)CC1. The molecule has 3 amide bonds. The Labute approximate surface area is 356 Å². The molecule has 2 aliphatic heterocycles. The molecule has 61 heavy (non-hydrogen) atoms. The van der Waals surface area contributed by atoms with Gasteiger partial charge in [-0.2, -0.15) is 13.9 Å². The molecule has 0 radical (unpaired) electrons. The van der Waals surface area contributed by atoms with Crippen molar-refractivity contribution < 1.29 is 42.2 Å². The maximum Gasteiger partial charge on any atom is 0.345 e. The number of nitrogens with one attached hydrogen (secondary N) is 2. The second kappa shape index (κ2) is 20.0. The average Bonchev–Trinajstić information content (AvgIpc) is 3.77. The van der Waals surface area contributed by atoms with Crippen LogP contribution in [0.15, 0.2) is 42.7 Å². The number of carbonyl (C=O) groups is 4. The van der Waals surface area contributed by atoms with Crippen LogP contribution in [-0.2, 0) is 27.9 Å². The number of carbonyl (C=O) groups excluding carboxylic acids is 3. The number of benzene rings is 2. The molecule has 0 bridgehead atoms. The Kier molecular flexibility index (Phi) is 14.9. The van der Waals surface area contributed by atoms with Crippen LogP contribution in [0.4, 0.5) is 18.9 Å². The van der Waals surface area contributed by atoms with Gasteiger partial charge in [0.15, 0.2) is 5.82 Å². The lowest BCUT2D eigenvalue weighted by Gasteiger charge is -2.37. The van der Waals surface area contributed by atoms with E-state index in [0.29, 0.717) is 91.8 Å². The van der Waals surface area contributed by atoms with E-state index in [-0.39, 0.29) is 59.4 Å². The molecule has 328 valence electrons. The smallest absolute Gasteiger partial charge is 0.345 e. The van der Waals surface area contributed by atoms with E-state index in [0.717, 1.165) is 13.1 Å². The molecule has 15 nitrogen and oxygen atoms in total. The molecule has 2 aromatic heterocycles. The van der Waals surface area contributed by atoms with E-state index >= 15 is 4.39 Å². The Morgan fingerprint density at radius 2 is 1.74 bits per heavy atom. The summed E-state index contributed by atoms with van der Waals surface area (Å²) in [6, 6.07) is 7.89. The van der Waals surface area contributed by atoms with E-state index in [4.69, 9.17) is 11.6 Å². The predicted molar refractivity (Wildman–Crippen MR) is 222 cm³/mol. The van der Waals surface area contributed by atoms with Crippen LogP contribution >= 0.6 is 11.6 Å². The Bertz CT molecular complexity index is 2240. The minimum Gasteiger partial charge on any atom is -0.480 e. The topological polar surface area (TPSA) is 167 Å². The van der Waals surface area contributed by atoms with Crippen molar-refractivity contribution in [2.45, 2.75) is 46.8 Å². The fourth-order valence-electron chi connectivity index (χ4n) is 7.83. The van der Waals surface area contributed by atoms with Gasteiger partial charge in [-0.25, -0.2) is 9.37 Å². The molecule has 19 heteroatoms. The average molecular weight is 870 g/mol. The number of piperazine rings is 1. The summed E-state index contributed by atoms with van der Waals surface area (Å²) in [7, 11) is 1.63. The Morgan fingerprint density at radius 3 is 2.38 bits per heavy atom. The summed E-state index contributed by atoms with van der Waals surface area (Å²) in [6.45, 7) is 6.42. The van der Waals surface area contributed by atoms with Gasteiger partial charge in [0.1, 0.15) is 5.82 Å². The van der Waals surface area contributed by atoms with E-state index in [1.165, 1.54) is 33.8 Å². The number of imidazole rings is 1. The summed E-state index contributed by atoms with van der Waals surface area (Å²) in [5.41, 5.74) is 3.23. The molecule has 1 unspecified atom stereocenters. The monoisotopic (exact) mass is 869 g/mol. The van der Waals surface area contributed by atoms with Gasteiger partial charge in [0, 0.05) is 86.9 Å². The van der Waals surface area contributed by atoms with Crippen LogP contribution in [0.3, 0.4) is 0 Å². The molecule has 0 aliphatic carbocycles. The van der Waals surface area contributed by atoms with Crippen molar-refractivity contribution >= 4 is 41.0 Å². The summed E-state index contributed by atoms with van der Waals surface area (Å²) in [5.74, 6) is -2.05. The van der Waals surface area contributed by atoms with Crippen LogP contribution in [0.1, 0.15) is 52.0 Å². The third-order valence-electron chi connectivity index (χ3n) is 11.5. The first kappa shape index (κ1) is 45.2. The van der Waals surface area contributed by atoms with Crippen molar-refractivity contribution in [1.82, 2.24) is 39.3 Å². The minimum atomic E-state index is -2.90. The number of carboxylic acid groups (broad SMARTS) is 1. The molecule has 0 saturated carbocycles. The van der Waals surface area contributed by atoms with Gasteiger partial charge < -0.3 is 34.8 Å². The number of anilines is 1. The van der Waals surface area contributed by atoms with Gasteiger partial charge in [0.05, 0.1) is 48.4 Å². The van der Waals surface area contributed by atoms with Gasteiger partial charge in [-0.1, -0.05) is 30.7 Å². The van der Waals surface area contributed by atoms with Gasteiger partial charge >= 0.3 is 12.6 Å². The molecule has 0 spiro atoms. The molecule has 3 N–H and O–H groups in total. The van der Waals surface area contributed by atoms with Gasteiger partial charge in [0.2, 0.25) is 5.91 Å². The number of halogens is 4. The van der Waals surface area contributed by atoms with Gasteiger partial charge in [-0.15, -0.1) is 0 Å². The fraction of sp³-hybridized carbons (Fsp3) is 0.476. The molecule has 6 rings (SSSR count). The van der Waals surface area contributed by atoms with Crippen LogP contribution < -0.4 is 10.6 Å². The summed E-state index contributed by atoms with van der Waals surface area (Å²) >= 11 is 6.60. The van der Waals surface area contributed by atoms with Gasteiger partial charge in [-0.05, 0) is 62.9 Å². The maximum absolute atomic E-state index is 15.9. The van der Waals surface area contributed by atoms with E-state index in [1.807, 2.05) is 11.8 Å². The quantitative estimate of drug-likeness (QED) is 0.122. The third kappa shape index (κ3) is 10.6. The van der Waals surface area contributed by atoms with Gasteiger partial charge in [0.25, 0.3) is 11.8 Å². The van der Waals surface area contributed by atoms with Crippen molar-refractivity contribution in [1.29, 1.82) is 0 Å². The van der Waals surface area contributed by atoms with Gasteiger partial charge in [-0.3, -0.25) is 28.8 Å². The van der Waals surface area contributed by atoms with E-state index in [2.05, 4.69) is 25.5 Å². The molecule has 2 fully saturated rings. The largest absolute Gasteiger partial charge is 0.480 e. The van der Waals surface area contributed by atoms with Crippen molar-refractivity contribution in [3.63, 3.8) is 0 Å². The summed E-state index contributed by atoms with van der Waals surface area (Å²) in [4.78, 5) is 61.5. The Morgan fingerprint density at radius 1 is 1.03 bits per heavy atom. The molecule has 4 heterocycles. The van der Waals surface area contributed by atoms with Crippen LogP contribution in [-0.4, -0.2) is 135 Å². The first-order chi connectivity index (χ1) is 29.2. The predicted octanol–water partition coefficient (Wildman–Crippen LogP) is 5.16. The Balaban J connectivity index is 1.04. The zero-order valence-electron chi connectivity index (χ0n) is 34.6. The van der Waals surface area contributed by atoms with Crippen molar-refractivity contribution in [3.05, 3.63) is 76.2 Å². The number of hydrogen-bond acceptors (Lipinski definition) is 9. The lowest BCUT2D eigenvalue weighted by atomic mass is 9.98. The van der Waals surface area contributed by atoms with Crippen molar-refractivity contribution in [2.24, 2.45) is 18.9 Å². The van der Waals surface area contributed by atoms with Crippen LogP contribution in [0.2, 0.25) is 5.02 Å². The molecule has 2 saturated heterocycles. The lowest BCUT2D eigenvalue weighted by molar-refractivity contribution is -0.138. The normalized spacial score (nSPS) is 15.0. The molecular weight excluding hydrogens is 819 g/mol. The highest BCUT2D eigenvalue weighted by Gasteiger charge is 2.31. The molecule has 2 aliphatic rings. The third-order valence-corrected chi connectivity index (χ3v) is 11.8. The van der Waals surface area contributed by atoms with E-state index in [9.17, 15) is 33.1 Å². The zero-order valence-corrected chi connectivity index (χ0v) is 35.4. The highest BCUT2D eigenvalue weighted by Crippen LogP contribution is 2.34. The number of alkyl halides is 2. The minimum absolute atomic E-state index is 0.00387. The zero-order chi connectivity index (χ0) is 44.0. The van der Waals surface area contributed by atoms with Crippen LogP contribution in [0.5, 0.6) is 0 Å². The number of carboxylic acids is 1. The summed E-state index contributed by atoms with van der Waals surface area (Å²) in [6.07, 6.45) is 4.13. The number of hydrogen-bond donors (Lipinski definition) is 3. The second-order valence-electron chi connectivity index (χ2n) is 15.4. The van der Waals surface area contributed by atoms with Crippen molar-refractivity contribution in [3.8, 4) is 22.4 Å². The molecular formula is C42H51ClF3N9O6. The number of aliphatic carboxylic acids is 1. The fourth-order valence-corrected chi connectivity index (χ4v) is 8.09. The summed E-state index contributed by atoms with van der Waals surface area (Å²) in [5, 5.41) is 19.7. The number of amides is 3. The van der Waals surface area contributed by atoms with Crippen LogP contribution in [0, 0.1) is 31.5 Å². The number of aromatic nitrogens is 4. The molecule has 4 aromatic rings. The highest BCUT2D eigenvalue weighted by atomic mass is 35.5. The number of rotatable bonds is 18. The molecule has 2 aromatic carbocycles.